The highest BCUT2D eigenvalue weighted by Crippen LogP contribution is 2.41. The van der Waals surface area contributed by atoms with Gasteiger partial charge in [0.2, 0.25) is 0 Å². The van der Waals surface area contributed by atoms with Crippen LogP contribution in [0, 0.1) is 0 Å². The standard InChI is InChI=1S/C46H28N2O/c1-2-11-30(12-3-1)39-28-41-40-27-33(25-26-43(40)49-45(41)37-17-7-6-16-36(37)39)44-38-18-8-9-20-42(38)47-46(48-44)32-23-21-31(22-24-32)35-19-10-14-29-13-4-5-15-34(29)35/h1-28H. The van der Waals surface area contributed by atoms with Crippen LogP contribution in [0.25, 0.3) is 99.3 Å². The highest BCUT2D eigenvalue weighted by atomic mass is 16.3. The van der Waals surface area contributed by atoms with Crippen LogP contribution in [0.3, 0.4) is 0 Å². The quantitative estimate of drug-likeness (QED) is 0.196. The Morgan fingerprint density at radius 1 is 0.367 bits per heavy atom. The Morgan fingerprint density at radius 2 is 1.02 bits per heavy atom. The summed E-state index contributed by atoms with van der Waals surface area (Å²) in [6, 6.07) is 59.7. The van der Waals surface area contributed by atoms with E-state index in [1.165, 1.54) is 38.4 Å². The normalized spacial score (nSPS) is 11.7. The van der Waals surface area contributed by atoms with Crippen LogP contribution < -0.4 is 0 Å². The summed E-state index contributed by atoms with van der Waals surface area (Å²) in [6.45, 7) is 0. The molecule has 3 nitrogen and oxygen atoms in total. The Kier molecular flexibility index (Phi) is 6.18. The third kappa shape index (κ3) is 4.51. The number of hydrogen-bond donors (Lipinski definition) is 0. The molecule has 0 spiro atoms. The molecular formula is C46H28N2O. The predicted octanol–water partition coefficient (Wildman–Crippen LogP) is 12.5. The third-order valence-electron chi connectivity index (χ3n) is 9.68. The summed E-state index contributed by atoms with van der Waals surface area (Å²) >= 11 is 0. The number of benzene rings is 8. The Morgan fingerprint density at radius 3 is 1.88 bits per heavy atom. The maximum atomic E-state index is 6.57. The minimum Gasteiger partial charge on any atom is -0.455 e. The molecule has 3 heteroatoms. The van der Waals surface area contributed by atoms with Crippen molar-refractivity contribution in [1.29, 1.82) is 0 Å². The molecule has 0 saturated heterocycles. The van der Waals surface area contributed by atoms with E-state index in [0.717, 1.165) is 55.0 Å². The highest BCUT2D eigenvalue weighted by molar-refractivity contribution is 6.19. The first-order valence-electron chi connectivity index (χ1n) is 16.6. The van der Waals surface area contributed by atoms with Gasteiger partial charge in [-0.1, -0.05) is 140 Å². The number of hydrogen-bond acceptors (Lipinski definition) is 3. The number of para-hydroxylation sites is 1. The average Bonchev–Trinajstić information content (AvgIpc) is 3.55. The van der Waals surface area contributed by atoms with Crippen molar-refractivity contribution in [2.45, 2.75) is 0 Å². The molecule has 49 heavy (non-hydrogen) atoms. The number of aromatic nitrogens is 2. The van der Waals surface area contributed by atoms with Gasteiger partial charge in [-0.15, -0.1) is 0 Å². The lowest BCUT2D eigenvalue weighted by molar-refractivity contribution is 0.673. The minimum absolute atomic E-state index is 0.702. The van der Waals surface area contributed by atoms with E-state index in [2.05, 4.69) is 164 Å². The second-order valence-electron chi connectivity index (χ2n) is 12.5. The highest BCUT2D eigenvalue weighted by Gasteiger charge is 2.17. The molecule has 2 heterocycles. The van der Waals surface area contributed by atoms with E-state index >= 15 is 0 Å². The lowest BCUT2D eigenvalue weighted by Gasteiger charge is -2.11. The van der Waals surface area contributed by atoms with E-state index < -0.39 is 0 Å². The van der Waals surface area contributed by atoms with Crippen molar-refractivity contribution in [3.8, 4) is 44.9 Å². The molecule has 10 aromatic rings. The van der Waals surface area contributed by atoms with Gasteiger partial charge in [0.15, 0.2) is 5.82 Å². The van der Waals surface area contributed by atoms with Crippen LogP contribution in [0.4, 0.5) is 0 Å². The Bertz CT molecular complexity index is 2860. The molecule has 2 aromatic heterocycles. The molecule has 0 aliphatic carbocycles. The van der Waals surface area contributed by atoms with Gasteiger partial charge >= 0.3 is 0 Å². The van der Waals surface area contributed by atoms with Gasteiger partial charge in [0, 0.05) is 32.7 Å². The number of rotatable bonds is 4. The fourth-order valence-corrected chi connectivity index (χ4v) is 7.30. The van der Waals surface area contributed by atoms with E-state index in [4.69, 9.17) is 14.4 Å². The largest absolute Gasteiger partial charge is 0.455 e. The lowest BCUT2D eigenvalue weighted by atomic mass is 9.95. The van der Waals surface area contributed by atoms with Crippen LogP contribution >= 0.6 is 0 Å². The van der Waals surface area contributed by atoms with Gasteiger partial charge in [-0.3, -0.25) is 0 Å². The number of furan rings is 1. The van der Waals surface area contributed by atoms with Gasteiger partial charge in [0.25, 0.3) is 0 Å². The van der Waals surface area contributed by atoms with Crippen LogP contribution in [-0.2, 0) is 0 Å². The van der Waals surface area contributed by atoms with E-state index in [-0.39, 0.29) is 0 Å². The maximum Gasteiger partial charge on any atom is 0.160 e. The smallest absolute Gasteiger partial charge is 0.160 e. The Labute approximate surface area is 282 Å². The van der Waals surface area contributed by atoms with Crippen molar-refractivity contribution in [3.63, 3.8) is 0 Å². The van der Waals surface area contributed by atoms with E-state index in [1.54, 1.807) is 0 Å². The summed E-state index contributed by atoms with van der Waals surface area (Å²) in [4.78, 5) is 10.3. The van der Waals surface area contributed by atoms with E-state index in [1.807, 2.05) is 6.07 Å². The van der Waals surface area contributed by atoms with E-state index in [9.17, 15) is 0 Å². The SMILES string of the molecule is c1ccc(-c2cc3c4cc(-c5nc(-c6ccc(-c7cccc8ccccc78)cc6)nc6ccccc56)ccc4oc3c3ccccc23)cc1. The summed E-state index contributed by atoms with van der Waals surface area (Å²) in [5.41, 5.74) is 10.3. The van der Waals surface area contributed by atoms with E-state index in [0.29, 0.717) is 5.82 Å². The van der Waals surface area contributed by atoms with Crippen molar-refractivity contribution in [2.24, 2.45) is 0 Å². The average molecular weight is 625 g/mol. The van der Waals surface area contributed by atoms with Gasteiger partial charge < -0.3 is 4.42 Å². The first-order chi connectivity index (χ1) is 24.3. The van der Waals surface area contributed by atoms with Gasteiger partial charge in [-0.05, 0) is 68.7 Å². The second-order valence-corrected chi connectivity index (χ2v) is 12.5. The molecule has 8 aromatic carbocycles. The molecule has 0 saturated carbocycles. The summed E-state index contributed by atoms with van der Waals surface area (Å²) in [5.74, 6) is 0.702. The van der Waals surface area contributed by atoms with Crippen LogP contribution in [0.5, 0.6) is 0 Å². The zero-order chi connectivity index (χ0) is 32.3. The molecule has 0 amide bonds. The number of fused-ring (bicyclic) bond motifs is 7. The molecule has 0 unspecified atom stereocenters. The molecule has 0 aliphatic rings. The summed E-state index contributed by atoms with van der Waals surface area (Å²) < 4.78 is 6.57. The lowest BCUT2D eigenvalue weighted by Crippen LogP contribution is -1.95. The molecule has 0 radical (unpaired) electrons. The molecule has 228 valence electrons. The van der Waals surface area contributed by atoms with Gasteiger partial charge in [0.1, 0.15) is 11.2 Å². The topological polar surface area (TPSA) is 38.9 Å². The molecule has 0 bridgehead atoms. The summed E-state index contributed by atoms with van der Waals surface area (Å²) in [7, 11) is 0. The molecule has 0 fully saturated rings. The molecule has 0 atom stereocenters. The predicted molar refractivity (Wildman–Crippen MR) is 204 cm³/mol. The van der Waals surface area contributed by atoms with Crippen molar-refractivity contribution in [1.82, 2.24) is 9.97 Å². The van der Waals surface area contributed by atoms with Crippen LogP contribution in [-0.4, -0.2) is 9.97 Å². The van der Waals surface area contributed by atoms with Crippen LogP contribution in [0.2, 0.25) is 0 Å². The number of nitrogens with zero attached hydrogens (tertiary/aromatic N) is 2. The van der Waals surface area contributed by atoms with Crippen LogP contribution in [0.15, 0.2) is 174 Å². The maximum absolute atomic E-state index is 6.57. The molecular weight excluding hydrogens is 597 g/mol. The van der Waals surface area contributed by atoms with Crippen molar-refractivity contribution in [3.05, 3.63) is 170 Å². The van der Waals surface area contributed by atoms with Gasteiger partial charge in [0.05, 0.1) is 11.2 Å². The molecule has 0 N–H and O–H groups in total. The first kappa shape index (κ1) is 27.5. The fourth-order valence-electron chi connectivity index (χ4n) is 7.30. The van der Waals surface area contributed by atoms with Crippen molar-refractivity contribution >= 4 is 54.4 Å². The first-order valence-corrected chi connectivity index (χ1v) is 16.6. The Hall–Kier alpha value is -6.58. The molecule has 10 rings (SSSR count). The third-order valence-corrected chi connectivity index (χ3v) is 9.68. The second kappa shape index (κ2) is 11.0. The zero-order valence-electron chi connectivity index (χ0n) is 26.5. The summed E-state index contributed by atoms with van der Waals surface area (Å²) in [6.07, 6.45) is 0. The van der Waals surface area contributed by atoms with Crippen molar-refractivity contribution in [2.75, 3.05) is 0 Å². The molecule has 0 aliphatic heterocycles. The van der Waals surface area contributed by atoms with Gasteiger partial charge in [-0.25, -0.2) is 9.97 Å². The minimum atomic E-state index is 0.702. The Balaban J connectivity index is 1.13. The summed E-state index contributed by atoms with van der Waals surface area (Å²) in [5, 5.41) is 7.94. The monoisotopic (exact) mass is 624 g/mol. The van der Waals surface area contributed by atoms with Gasteiger partial charge in [-0.2, -0.15) is 0 Å². The zero-order valence-corrected chi connectivity index (χ0v) is 26.5. The van der Waals surface area contributed by atoms with Crippen molar-refractivity contribution < 1.29 is 4.42 Å². The fraction of sp³-hybridized carbons (Fsp3) is 0. The van der Waals surface area contributed by atoms with Crippen LogP contribution in [0.1, 0.15) is 0 Å².